The minimum absolute atomic E-state index is 0. The van der Waals surface area contributed by atoms with Crippen molar-refractivity contribution < 1.29 is 9.59 Å². The summed E-state index contributed by atoms with van der Waals surface area (Å²) in [6, 6.07) is 33.2. The van der Waals surface area contributed by atoms with E-state index in [-0.39, 0.29) is 27.3 Å². The van der Waals surface area contributed by atoms with Gasteiger partial charge in [-0.3, -0.25) is 9.59 Å². The number of carbonyl (C=O) groups is 2. The van der Waals surface area contributed by atoms with Crippen LogP contribution < -0.4 is 31.9 Å². The fourth-order valence-corrected chi connectivity index (χ4v) is 9.62. The lowest BCUT2D eigenvalue weighted by atomic mass is 10.0. The Morgan fingerprint density at radius 2 is 1.28 bits per heavy atom. The molecule has 4 aromatic carbocycles. The topological polar surface area (TPSA) is 148 Å². The standard InChI is InChI=1S/C24H29N5OS.C17H27N5S2.C9H9BrO.H3P/c1-16-5-4-6-17(15-16)21(30)22-23(25)27-24(31-22)26-18-7-9-20(10-8-18)29-13-11-19(12-14-29)28(2)3;1-4-24-16(18)20-17(23)19-13-5-7-15(8-6-13)22-11-9-14(10-12-22)21(2)3;1-7-3-2-4-8(5-7)9(11)6-10;/h4-10,15,19H,11-14,25H2,1-3H3,(H,26,27);5-8,14H,4,9-12H2,1-3H3,(H3,18,19,20,23);2-5H,6H2,1H3;1H3. The lowest BCUT2D eigenvalue weighted by Crippen LogP contribution is -2.41. The number of aryl methyl sites for hydroxylation is 2. The van der Waals surface area contributed by atoms with Gasteiger partial charge in [0.05, 0.1) is 5.33 Å². The van der Waals surface area contributed by atoms with E-state index in [1.54, 1.807) is 0 Å². The number of thioether (sulfide) groups is 1. The number of thiazole rings is 1. The van der Waals surface area contributed by atoms with E-state index in [2.05, 4.69) is 109 Å². The number of rotatable bonds is 12. The Morgan fingerprint density at radius 3 is 1.75 bits per heavy atom. The Morgan fingerprint density at radius 1 is 0.806 bits per heavy atom. The van der Waals surface area contributed by atoms with Gasteiger partial charge in [-0.1, -0.05) is 93.5 Å². The molecule has 7 rings (SSSR count). The number of nitrogens with two attached hydrogens (primary N) is 2. The van der Waals surface area contributed by atoms with Crippen LogP contribution in [0.1, 0.15) is 69.3 Å². The van der Waals surface area contributed by atoms with Gasteiger partial charge < -0.3 is 41.7 Å². The molecule has 3 heterocycles. The third kappa shape index (κ3) is 17.3. The Labute approximate surface area is 423 Å². The third-order valence-electron chi connectivity index (χ3n) is 11.5. The van der Waals surface area contributed by atoms with Crippen LogP contribution in [-0.2, 0) is 0 Å². The molecule has 360 valence electrons. The summed E-state index contributed by atoms with van der Waals surface area (Å²) in [4.78, 5) is 42.5. The summed E-state index contributed by atoms with van der Waals surface area (Å²) in [5.74, 6) is 1.19. The van der Waals surface area contributed by atoms with Gasteiger partial charge in [-0.15, -0.1) is 0 Å². The monoisotopic (exact) mass is 1050 g/mol. The van der Waals surface area contributed by atoms with Gasteiger partial charge in [-0.05, 0) is 146 Å². The summed E-state index contributed by atoms with van der Waals surface area (Å²) in [7, 11) is 8.65. The van der Waals surface area contributed by atoms with Crippen molar-refractivity contribution in [3.05, 3.63) is 124 Å². The van der Waals surface area contributed by atoms with Crippen molar-refractivity contribution in [1.29, 1.82) is 0 Å². The number of benzene rings is 4. The maximum absolute atomic E-state index is 12.8. The maximum Gasteiger partial charge on any atom is 0.206 e. The molecule has 5 aromatic rings. The molecule has 17 heteroatoms. The van der Waals surface area contributed by atoms with Crippen LogP contribution in [0.3, 0.4) is 0 Å². The summed E-state index contributed by atoms with van der Waals surface area (Å²) in [5, 5.41) is 8.30. The highest BCUT2D eigenvalue weighted by molar-refractivity contribution is 9.09. The number of anilines is 6. The van der Waals surface area contributed by atoms with Crippen molar-refractivity contribution >= 4 is 117 Å². The molecule has 6 N–H and O–H groups in total. The van der Waals surface area contributed by atoms with E-state index >= 15 is 0 Å². The first-order chi connectivity index (χ1) is 31.6. The van der Waals surface area contributed by atoms with Crippen LogP contribution in [-0.4, -0.2) is 114 Å². The molecule has 0 radical (unpaired) electrons. The van der Waals surface area contributed by atoms with Crippen molar-refractivity contribution in [2.24, 2.45) is 10.7 Å². The number of ketones is 2. The highest BCUT2D eigenvalue weighted by Gasteiger charge is 2.23. The molecular weight excluding hydrogens is 980 g/mol. The van der Waals surface area contributed by atoms with E-state index in [0.717, 1.165) is 60.0 Å². The number of nitrogen functional groups attached to an aromatic ring is 1. The second-order valence-corrected chi connectivity index (χ2v) is 20.0. The van der Waals surface area contributed by atoms with Crippen LogP contribution in [0.4, 0.5) is 33.7 Å². The van der Waals surface area contributed by atoms with Gasteiger partial charge in [0.15, 0.2) is 21.2 Å². The van der Waals surface area contributed by atoms with Gasteiger partial charge >= 0.3 is 0 Å². The molecule has 0 bridgehead atoms. The molecule has 12 nitrogen and oxygen atoms in total. The van der Waals surface area contributed by atoms with Gasteiger partial charge in [-0.25, -0.2) is 4.98 Å². The van der Waals surface area contributed by atoms with E-state index in [9.17, 15) is 9.59 Å². The minimum Gasteiger partial charge on any atom is -0.382 e. The fraction of sp³-hybridized carbons (Fsp3) is 0.380. The average Bonchev–Trinajstić information content (AvgIpc) is 3.68. The Hall–Kier alpha value is -4.41. The first-order valence-electron chi connectivity index (χ1n) is 22.2. The summed E-state index contributed by atoms with van der Waals surface area (Å²) < 4.78 is 0. The second kappa shape index (κ2) is 27.6. The quantitative estimate of drug-likeness (QED) is 0.0235. The summed E-state index contributed by atoms with van der Waals surface area (Å²) >= 11 is 11.1. The summed E-state index contributed by atoms with van der Waals surface area (Å²) in [5.41, 5.74) is 19.7. The molecule has 0 amide bonds. The van der Waals surface area contributed by atoms with Crippen molar-refractivity contribution in [2.75, 3.05) is 91.6 Å². The van der Waals surface area contributed by atoms with E-state index in [4.69, 9.17) is 23.7 Å². The fourth-order valence-electron chi connectivity index (χ4n) is 7.71. The number of alkyl halides is 1. The van der Waals surface area contributed by atoms with Gasteiger partial charge in [-0.2, -0.15) is 14.9 Å². The molecule has 67 heavy (non-hydrogen) atoms. The lowest BCUT2D eigenvalue weighted by molar-refractivity contribution is 0.102. The van der Waals surface area contributed by atoms with Crippen molar-refractivity contribution in [3.63, 3.8) is 0 Å². The predicted octanol–water partition coefficient (Wildman–Crippen LogP) is 10.2. The average molecular weight is 1050 g/mol. The van der Waals surface area contributed by atoms with Gasteiger partial charge in [0.1, 0.15) is 10.7 Å². The van der Waals surface area contributed by atoms with Gasteiger partial charge in [0.25, 0.3) is 0 Å². The molecule has 1 atom stereocenters. The number of piperidine rings is 2. The van der Waals surface area contributed by atoms with Crippen molar-refractivity contribution in [1.82, 2.24) is 14.8 Å². The zero-order valence-corrected chi connectivity index (χ0v) is 45.4. The smallest absolute Gasteiger partial charge is 0.206 e. The Kier molecular flexibility index (Phi) is 22.7. The summed E-state index contributed by atoms with van der Waals surface area (Å²) in [6.45, 7) is 10.3. The van der Waals surface area contributed by atoms with Gasteiger partial charge in [0, 0.05) is 72.1 Å². The third-order valence-corrected chi connectivity index (χ3v) is 13.8. The molecule has 0 spiro atoms. The van der Waals surface area contributed by atoms with Crippen LogP contribution in [0.15, 0.2) is 102 Å². The number of carbonyl (C=O) groups excluding carboxylic acids is 2. The number of amidine groups is 1. The first kappa shape index (κ1) is 55.2. The van der Waals surface area contributed by atoms with E-state index < -0.39 is 0 Å². The number of halogens is 1. The van der Waals surface area contributed by atoms with Gasteiger partial charge in [0.2, 0.25) is 5.78 Å². The number of aliphatic imine (C=N–C) groups is 1. The predicted molar refractivity (Wildman–Crippen MR) is 302 cm³/mol. The number of Topliss-reactive ketones (excluding diaryl/α,β-unsaturated/α-hetero) is 1. The molecule has 2 aliphatic heterocycles. The van der Waals surface area contributed by atoms with Crippen LogP contribution in [0.25, 0.3) is 0 Å². The number of nitrogens with one attached hydrogen (secondary N) is 2. The van der Waals surface area contributed by atoms with E-state index in [1.807, 2.05) is 93.6 Å². The molecule has 1 unspecified atom stereocenters. The highest BCUT2D eigenvalue weighted by Crippen LogP contribution is 2.31. The molecule has 2 saturated heterocycles. The maximum atomic E-state index is 12.8. The molecule has 2 aliphatic rings. The minimum atomic E-state index is -0.0942. The zero-order chi connectivity index (χ0) is 47.8. The lowest BCUT2D eigenvalue weighted by Gasteiger charge is -2.36. The molecule has 0 aliphatic carbocycles. The summed E-state index contributed by atoms with van der Waals surface area (Å²) in [6.07, 6.45) is 4.78. The normalized spacial score (nSPS) is 14.3. The Bertz CT molecular complexity index is 2380. The van der Waals surface area contributed by atoms with E-state index in [0.29, 0.717) is 43.3 Å². The molecule has 1 aromatic heterocycles. The first-order valence-corrected chi connectivity index (χ1v) is 25.6. The molecule has 2 fully saturated rings. The highest BCUT2D eigenvalue weighted by atomic mass is 79.9. The van der Waals surface area contributed by atoms with Crippen LogP contribution in [0, 0.1) is 13.8 Å². The van der Waals surface area contributed by atoms with Crippen molar-refractivity contribution in [3.8, 4) is 0 Å². The number of hydrogen-bond donors (Lipinski definition) is 4. The zero-order valence-electron chi connectivity index (χ0n) is 39.9. The Balaban J connectivity index is 0.000000241. The van der Waals surface area contributed by atoms with Crippen LogP contribution in [0.5, 0.6) is 0 Å². The van der Waals surface area contributed by atoms with Crippen LogP contribution >= 0.6 is 61.1 Å². The van der Waals surface area contributed by atoms with Crippen molar-refractivity contribution in [2.45, 2.75) is 58.5 Å². The number of nitrogens with zero attached hydrogens (tertiary/aromatic N) is 6. The number of thiocarbonyl (C=S) groups is 1. The SMILES string of the molecule is CCSC(N)=NC(=S)Nc1ccc(N2CCC(N(C)C)CC2)cc1.Cc1cccc(C(=O)CBr)c1.Cc1cccc(C(=O)c2sc(Nc3ccc(N4CCC(N(C)C)CC4)cc3)nc2N)c1.P. The molecule has 0 saturated carbocycles. The second-order valence-electron chi connectivity index (χ2n) is 16.8. The van der Waals surface area contributed by atoms with Crippen LogP contribution in [0.2, 0.25) is 0 Å². The van der Waals surface area contributed by atoms with E-state index in [1.165, 1.54) is 60.2 Å². The number of aromatic nitrogens is 1. The molecular formula is C50H68BrN10O2PS3. The largest absolute Gasteiger partial charge is 0.382 e. The number of hydrogen-bond acceptors (Lipinski definition) is 12.